The molecular weight excluding hydrogens is 378 g/mol. The van der Waals surface area contributed by atoms with Gasteiger partial charge in [-0.15, -0.1) is 0 Å². The summed E-state index contributed by atoms with van der Waals surface area (Å²) in [4.78, 5) is 64.2. The zero-order chi connectivity index (χ0) is 21.2. The van der Waals surface area contributed by atoms with E-state index in [0.29, 0.717) is 19.4 Å². The Morgan fingerprint density at radius 1 is 1.17 bits per heavy atom. The van der Waals surface area contributed by atoms with E-state index in [4.69, 9.17) is 0 Å². The first-order valence-corrected chi connectivity index (χ1v) is 10.2. The highest BCUT2D eigenvalue weighted by Gasteiger charge is 2.55. The van der Waals surface area contributed by atoms with Crippen LogP contribution in [0.1, 0.15) is 45.4 Å². The van der Waals surface area contributed by atoms with Gasteiger partial charge in [0.15, 0.2) is 0 Å². The molecule has 29 heavy (non-hydrogen) atoms. The monoisotopic (exact) mass is 407 g/mol. The summed E-state index contributed by atoms with van der Waals surface area (Å²) in [6.45, 7) is 1.70. The van der Waals surface area contributed by atoms with Crippen LogP contribution in [0.4, 0.5) is 4.79 Å². The second-order valence-corrected chi connectivity index (χ2v) is 8.08. The van der Waals surface area contributed by atoms with Crippen LogP contribution in [0.3, 0.4) is 0 Å². The number of amides is 6. The highest BCUT2D eigenvalue weighted by Crippen LogP contribution is 2.38. The predicted molar refractivity (Wildman–Crippen MR) is 102 cm³/mol. The molecule has 1 saturated carbocycles. The Balaban J connectivity index is 1.54. The van der Waals surface area contributed by atoms with E-state index < -0.39 is 30.1 Å². The number of nitrogens with one attached hydrogen (secondary N) is 3. The molecule has 3 rings (SSSR count). The number of rotatable bonds is 5. The summed E-state index contributed by atoms with van der Waals surface area (Å²) >= 11 is 0. The fraction of sp³-hybridized carbons (Fsp3) is 0.737. The lowest BCUT2D eigenvalue weighted by Crippen LogP contribution is -2.54. The van der Waals surface area contributed by atoms with Gasteiger partial charge in [0.1, 0.15) is 18.1 Å². The Hall–Kier alpha value is -2.65. The molecule has 0 bridgehead atoms. The second kappa shape index (κ2) is 8.38. The second-order valence-electron chi connectivity index (χ2n) is 8.08. The van der Waals surface area contributed by atoms with Crippen molar-refractivity contribution in [3.05, 3.63) is 0 Å². The van der Waals surface area contributed by atoms with E-state index in [1.54, 1.807) is 0 Å². The molecule has 0 aromatic rings. The molecule has 0 aromatic heterocycles. The van der Waals surface area contributed by atoms with E-state index >= 15 is 0 Å². The molecule has 3 aliphatic rings. The van der Waals surface area contributed by atoms with Gasteiger partial charge in [0.2, 0.25) is 17.7 Å². The van der Waals surface area contributed by atoms with Crippen LogP contribution in [0.5, 0.6) is 0 Å². The highest BCUT2D eigenvalue weighted by molar-refractivity contribution is 6.09. The van der Waals surface area contributed by atoms with Gasteiger partial charge in [-0.25, -0.2) is 4.79 Å². The summed E-state index contributed by atoms with van der Waals surface area (Å²) in [5, 5.41) is 7.81. The summed E-state index contributed by atoms with van der Waals surface area (Å²) < 4.78 is 0. The van der Waals surface area contributed by atoms with Crippen molar-refractivity contribution in [3.8, 4) is 0 Å². The van der Waals surface area contributed by atoms with Crippen molar-refractivity contribution in [3.63, 3.8) is 0 Å². The molecule has 10 nitrogen and oxygen atoms in total. The minimum atomic E-state index is -0.915. The maximum Gasteiger partial charge on any atom is 0.325 e. The number of hydrogen-bond acceptors (Lipinski definition) is 5. The average molecular weight is 407 g/mol. The molecule has 0 aromatic carbocycles. The molecule has 2 heterocycles. The Morgan fingerprint density at radius 3 is 2.62 bits per heavy atom. The van der Waals surface area contributed by atoms with Crippen LogP contribution < -0.4 is 16.0 Å². The maximum atomic E-state index is 12.9. The Morgan fingerprint density at radius 2 is 1.93 bits per heavy atom. The van der Waals surface area contributed by atoms with Gasteiger partial charge >= 0.3 is 6.03 Å². The first kappa shape index (κ1) is 21.1. The zero-order valence-corrected chi connectivity index (χ0v) is 17.0. The summed E-state index contributed by atoms with van der Waals surface area (Å²) in [6, 6.07) is -1.09. The Kier molecular flexibility index (Phi) is 6.09. The van der Waals surface area contributed by atoms with E-state index in [2.05, 4.69) is 16.0 Å². The largest absolute Gasteiger partial charge is 0.357 e. The summed E-state index contributed by atoms with van der Waals surface area (Å²) in [5.74, 6) is -1.53. The summed E-state index contributed by atoms with van der Waals surface area (Å²) in [5.41, 5.74) is -0.915. The smallest absolute Gasteiger partial charge is 0.325 e. The molecule has 10 heteroatoms. The molecular formula is C19H29N5O5. The van der Waals surface area contributed by atoms with Crippen molar-refractivity contribution >= 4 is 29.7 Å². The molecule has 2 aliphatic heterocycles. The fourth-order valence-corrected chi connectivity index (χ4v) is 4.62. The van der Waals surface area contributed by atoms with Gasteiger partial charge in [0.05, 0.1) is 6.54 Å². The van der Waals surface area contributed by atoms with Crippen LogP contribution in [0.2, 0.25) is 0 Å². The van der Waals surface area contributed by atoms with E-state index in [0.717, 1.165) is 30.6 Å². The van der Waals surface area contributed by atoms with Gasteiger partial charge in [0.25, 0.3) is 5.91 Å². The van der Waals surface area contributed by atoms with Crippen molar-refractivity contribution in [2.75, 3.05) is 26.7 Å². The SMILES string of the molecule is CNC(=O)C1CCCN1C(=O)CNC(=O)CN1C(=O)NC2(CCCCC2C)C1=O. The third-order valence-corrected chi connectivity index (χ3v) is 6.36. The van der Waals surface area contributed by atoms with Crippen LogP contribution >= 0.6 is 0 Å². The number of likely N-dealkylation sites (tertiary alicyclic amines) is 1. The first-order valence-electron chi connectivity index (χ1n) is 10.2. The summed E-state index contributed by atoms with van der Waals surface area (Å²) in [6.07, 6.45) is 4.60. The van der Waals surface area contributed by atoms with Gasteiger partial charge in [-0.3, -0.25) is 24.1 Å². The normalized spacial score (nSPS) is 29.2. The quantitative estimate of drug-likeness (QED) is 0.521. The fourth-order valence-electron chi connectivity index (χ4n) is 4.62. The number of carbonyl (C=O) groups is 5. The van der Waals surface area contributed by atoms with E-state index in [1.165, 1.54) is 11.9 Å². The van der Waals surface area contributed by atoms with Crippen LogP contribution in [0.15, 0.2) is 0 Å². The number of carbonyl (C=O) groups excluding carboxylic acids is 5. The van der Waals surface area contributed by atoms with Gasteiger partial charge in [-0.1, -0.05) is 19.8 Å². The molecule has 3 unspecified atom stereocenters. The Labute approximate surface area is 169 Å². The van der Waals surface area contributed by atoms with Gasteiger partial charge < -0.3 is 20.9 Å². The van der Waals surface area contributed by atoms with Crippen LogP contribution in [-0.4, -0.2) is 77.7 Å². The maximum absolute atomic E-state index is 12.9. The predicted octanol–water partition coefficient (Wildman–Crippen LogP) is -0.660. The molecule has 2 saturated heterocycles. The molecule has 6 amide bonds. The van der Waals surface area contributed by atoms with Crippen LogP contribution in [0.25, 0.3) is 0 Å². The Bertz CT molecular complexity index is 726. The lowest BCUT2D eigenvalue weighted by Gasteiger charge is -2.36. The molecule has 3 atom stereocenters. The molecule has 3 N–H and O–H groups in total. The van der Waals surface area contributed by atoms with E-state index in [1.807, 2.05) is 6.92 Å². The first-order chi connectivity index (χ1) is 13.8. The number of imide groups is 1. The minimum absolute atomic E-state index is 0.0131. The van der Waals surface area contributed by atoms with E-state index in [9.17, 15) is 24.0 Å². The average Bonchev–Trinajstić information content (AvgIpc) is 3.28. The van der Waals surface area contributed by atoms with E-state index in [-0.39, 0.29) is 30.2 Å². The minimum Gasteiger partial charge on any atom is -0.357 e. The third kappa shape index (κ3) is 3.92. The molecule has 1 aliphatic carbocycles. The van der Waals surface area contributed by atoms with Gasteiger partial charge in [0, 0.05) is 13.6 Å². The lowest BCUT2D eigenvalue weighted by atomic mass is 9.73. The molecule has 160 valence electrons. The van der Waals surface area contributed by atoms with Crippen molar-refractivity contribution in [1.82, 2.24) is 25.8 Å². The molecule has 0 radical (unpaired) electrons. The number of nitrogens with zero attached hydrogens (tertiary/aromatic N) is 2. The van der Waals surface area contributed by atoms with Crippen LogP contribution in [0, 0.1) is 5.92 Å². The molecule has 3 fully saturated rings. The van der Waals surface area contributed by atoms with Crippen molar-refractivity contribution in [2.45, 2.75) is 57.0 Å². The zero-order valence-electron chi connectivity index (χ0n) is 17.0. The standard InChI is InChI=1S/C19H29N5O5/c1-12-6-3-4-8-19(12)17(28)24(18(29)22-19)11-14(25)21-10-15(26)23-9-5-7-13(23)16(27)20-2/h12-13H,3-11H2,1-2H3,(H,20,27)(H,21,25)(H,22,29). The van der Waals surface area contributed by atoms with Gasteiger partial charge in [-0.05, 0) is 31.6 Å². The van der Waals surface area contributed by atoms with Crippen molar-refractivity contribution in [1.29, 1.82) is 0 Å². The van der Waals surface area contributed by atoms with Crippen LogP contribution in [-0.2, 0) is 19.2 Å². The number of hydrogen-bond donors (Lipinski definition) is 3. The number of likely N-dealkylation sites (N-methyl/N-ethyl adjacent to an activating group) is 1. The highest BCUT2D eigenvalue weighted by atomic mass is 16.2. The van der Waals surface area contributed by atoms with Gasteiger partial charge in [-0.2, -0.15) is 0 Å². The van der Waals surface area contributed by atoms with Crippen molar-refractivity contribution in [2.24, 2.45) is 5.92 Å². The molecule has 1 spiro atoms. The van der Waals surface area contributed by atoms with Crippen molar-refractivity contribution < 1.29 is 24.0 Å². The summed E-state index contributed by atoms with van der Waals surface area (Å²) in [7, 11) is 1.52. The number of urea groups is 1. The topological polar surface area (TPSA) is 128 Å². The third-order valence-electron chi connectivity index (χ3n) is 6.36. The lowest BCUT2D eigenvalue weighted by molar-refractivity contribution is -0.139.